The Labute approximate surface area is 96.1 Å². The van der Waals surface area contributed by atoms with Gasteiger partial charge in [-0.1, -0.05) is 0 Å². The van der Waals surface area contributed by atoms with Gasteiger partial charge >= 0.3 is 0 Å². The minimum absolute atomic E-state index is 0.374. The van der Waals surface area contributed by atoms with Crippen molar-refractivity contribution in [3.05, 3.63) is 23.8 Å². The molecule has 2 N–H and O–H groups in total. The average Bonchev–Trinajstić information content (AvgIpc) is 3.00. The number of phenols is 1. The second kappa shape index (κ2) is 3.67. The molecule has 0 amide bonds. The Morgan fingerprint density at radius 2 is 2.12 bits per heavy atom. The van der Waals surface area contributed by atoms with Gasteiger partial charge < -0.3 is 15.3 Å². The molecule has 0 bridgehead atoms. The predicted molar refractivity (Wildman–Crippen MR) is 65.0 cm³/mol. The van der Waals surface area contributed by atoms with Gasteiger partial charge in [0.25, 0.3) is 0 Å². The summed E-state index contributed by atoms with van der Waals surface area (Å²) >= 11 is 0. The van der Waals surface area contributed by atoms with Gasteiger partial charge in [-0.05, 0) is 43.0 Å². The highest BCUT2D eigenvalue weighted by Gasteiger charge is 2.28. The van der Waals surface area contributed by atoms with Crippen molar-refractivity contribution >= 4 is 5.69 Å². The number of hydrogen-bond acceptors (Lipinski definition) is 3. The zero-order valence-corrected chi connectivity index (χ0v) is 9.61. The molecular weight excluding hydrogens is 200 g/mol. The maximum absolute atomic E-state index is 9.52. The Balaban J connectivity index is 1.82. The number of fused-ring (bicyclic) bond motifs is 1. The molecule has 0 radical (unpaired) electrons. The number of rotatable bonds is 2. The van der Waals surface area contributed by atoms with Crippen molar-refractivity contribution in [1.29, 1.82) is 0 Å². The Kier molecular flexibility index (Phi) is 2.28. The molecule has 1 aromatic rings. The molecule has 1 atom stereocenters. The van der Waals surface area contributed by atoms with Gasteiger partial charge in [-0.3, -0.25) is 0 Å². The van der Waals surface area contributed by atoms with Gasteiger partial charge in [0.1, 0.15) is 5.75 Å². The van der Waals surface area contributed by atoms with Crippen LogP contribution in [0.2, 0.25) is 0 Å². The standard InChI is InChI=1S/C13H18N2O/c1-15-8-11(14-10-2-3-10)6-9-7-12(16)4-5-13(9)15/h4-5,7,10-11,14,16H,2-3,6,8H2,1H3. The smallest absolute Gasteiger partial charge is 0.116 e. The fraction of sp³-hybridized carbons (Fsp3) is 0.538. The molecule has 16 heavy (non-hydrogen) atoms. The van der Waals surface area contributed by atoms with Crippen LogP contribution in [0.15, 0.2) is 18.2 Å². The molecule has 1 aliphatic heterocycles. The maximum Gasteiger partial charge on any atom is 0.116 e. The maximum atomic E-state index is 9.52. The summed E-state index contributed by atoms with van der Waals surface area (Å²) in [6.07, 6.45) is 3.69. The first kappa shape index (κ1) is 9.97. The molecule has 1 heterocycles. The van der Waals surface area contributed by atoms with Gasteiger partial charge in [-0.15, -0.1) is 0 Å². The molecule has 0 aromatic heterocycles. The van der Waals surface area contributed by atoms with Crippen molar-refractivity contribution < 1.29 is 5.11 Å². The number of nitrogens with zero attached hydrogens (tertiary/aromatic N) is 1. The minimum atomic E-state index is 0.374. The minimum Gasteiger partial charge on any atom is -0.508 e. The van der Waals surface area contributed by atoms with Crippen LogP contribution in [0.5, 0.6) is 5.75 Å². The van der Waals surface area contributed by atoms with E-state index in [9.17, 15) is 5.11 Å². The van der Waals surface area contributed by atoms with Crippen molar-refractivity contribution in [2.24, 2.45) is 0 Å². The van der Waals surface area contributed by atoms with Gasteiger partial charge in [0, 0.05) is 31.4 Å². The van der Waals surface area contributed by atoms with E-state index in [2.05, 4.69) is 17.3 Å². The number of phenolic OH excluding ortho intramolecular Hbond substituents is 1. The van der Waals surface area contributed by atoms with Gasteiger partial charge in [-0.25, -0.2) is 0 Å². The first-order valence-corrected chi connectivity index (χ1v) is 6.01. The third kappa shape index (κ3) is 1.87. The van der Waals surface area contributed by atoms with Gasteiger partial charge in [-0.2, -0.15) is 0 Å². The summed E-state index contributed by atoms with van der Waals surface area (Å²) in [4.78, 5) is 2.28. The average molecular weight is 218 g/mol. The van der Waals surface area contributed by atoms with E-state index in [0.717, 1.165) is 19.0 Å². The lowest BCUT2D eigenvalue weighted by atomic mass is 9.98. The zero-order chi connectivity index (χ0) is 11.1. The van der Waals surface area contributed by atoms with Crippen molar-refractivity contribution in [3.8, 4) is 5.75 Å². The van der Waals surface area contributed by atoms with Crippen LogP contribution in [-0.2, 0) is 6.42 Å². The van der Waals surface area contributed by atoms with Crippen LogP contribution < -0.4 is 10.2 Å². The van der Waals surface area contributed by atoms with E-state index in [-0.39, 0.29) is 0 Å². The van der Waals surface area contributed by atoms with Gasteiger partial charge in [0.2, 0.25) is 0 Å². The Hall–Kier alpha value is -1.22. The Morgan fingerprint density at radius 3 is 2.88 bits per heavy atom. The molecule has 3 nitrogen and oxygen atoms in total. The molecule has 2 aliphatic rings. The number of anilines is 1. The van der Waals surface area contributed by atoms with E-state index < -0.39 is 0 Å². The van der Waals surface area contributed by atoms with E-state index in [0.29, 0.717) is 11.8 Å². The lowest BCUT2D eigenvalue weighted by molar-refractivity contribution is 0.467. The van der Waals surface area contributed by atoms with Crippen molar-refractivity contribution in [2.75, 3.05) is 18.5 Å². The summed E-state index contributed by atoms with van der Waals surface area (Å²) in [5.74, 6) is 0.374. The summed E-state index contributed by atoms with van der Waals surface area (Å²) in [6, 6.07) is 6.96. The molecule has 86 valence electrons. The number of hydrogen-bond donors (Lipinski definition) is 2. The van der Waals surface area contributed by atoms with Crippen molar-refractivity contribution in [1.82, 2.24) is 5.32 Å². The van der Waals surface area contributed by atoms with Gasteiger partial charge in [0.15, 0.2) is 0 Å². The number of nitrogens with one attached hydrogen (secondary N) is 1. The van der Waals surface area contributed by atoms with Crippen LogP contribution in [0.25, 0.3) is 0 Å². The fourth-order valence-electron chi connectivity index (χ4n) is 2.56. The van der Waals surface area contributed by atoms with Crippen molar-refractivity contribution in [2.45, 2.75) is 31.3 Å². The molecule has 0 saturated heterocycles. The number of aromatic hydroxyl groups is 1. The normalized spacial score (nSPS) is 24.3. The van der Waals surface area contributed by atoms with Crippen LogP contribution in [0.3, 0.4) is 0 Å². The monoisotopic (exact) mass is 218 g/mol. The Bertz CT molecular complexity index is 401. The number of likely N-dealkylation sites (N-methyl/N-ethyl adjacent to an activating group) is 1. The third-order valence-corrected chi connectivity index (χ3v) is 3.48. The van der Waals surface area contributed by atoms with Crippen LogP contribution in [0.4, 0.5) is 5.69 Å². The second-order valence-corrected chi connectivity index (χ2v) is 5.04. The molecular formula is C13H18N2O. The Morgan fingerprint density at radius 1 is 1.31 bits per heavy atom. The lowest BCUT2D eigenvalue weighted by Crippen LogP contribution is -2.45. The fourth-order valence-corrected chi connectivity index (χ4v) is 2.56. The zero-order valence-electron chi connectivity index (χ0n) is 9.61. The van der Waals surface area contributed by atoms with E-state index in [1.807, 2.05) is 12.1 Å². The largest absolute Gasteiger partial charge is 0.508 e. The third-order valence-electron chi connectivity index (χ3n) is 3.48. The number of benzene rings is 1. The molecule has 1 aromatic carbocycles. The van der Waals surface area contributed by atoms with Crippen LogP contribution in [0, 0.1) is 0 Å². The highest BCUT2D eigenvalue weighted by atomic mass is 16.3. The van der Waals surface area contributed by atoms with Crippen molar-refractivity contribution in [3.63, 3.8) is 0 Å². The highest BCUT2D eigenvalue weighted by Crippen LogP contribution is 2.30. The lowest BCUT2D eigenvalue weighted by Gasteiger charge is -2.34. The topological polar surface area (TPSA) is 35.5 Å². The summed E-state index contributed by atoms with van der Waals surface area (Å²) in [5, 5.41) is 13.2. The van der Waals surface area contributed by atoms with Crippen LogP contribution in [0.1, 0.15) is 18.4 Å². The first-order chi connectivity index (χ1) is 7.72. The quantitative estimate of drug-likeness (QED) is 0.789. The van der Waals surface area contributed by atoms with E-state index in [4.69, 9.17) is 0 Å². The molecule has 3 rings (SSSR count). The second-order valence-electron chi connectivity index (χ2n) is 5.04. The molecule has 1 saturated carbocycles. The summed E-state index contributed by atoms with van der Waals surface area (Å²) in [6.45, 7) is 1.06. The molecule has 0 spiro atoms. The SMILES string of the molecule is CN1CC(NC2CC2)Cc2cc(O)ccc21. The summed E-state index contributed by atoms with van der Waals surface area (Å²) in [5.41, 5.74) is 2.51. The predicted octanol–water partition coefficient (Wildman–Crippen LogP) is 1.51. The molecule has 3 heteroatoms. The molecule has 1 unspecified atom stereocenters. The van der Waals surface area contributed by atoms with Gasteiger partial charge in [0.05, 0.1) is 0 Å². The van der Waals surface area contributed by atoms with Crippen LogP contribution >= 0.6 is 0 Å². The molecule has 1 aliphatic carbocycles. The summed E-state index contributed by atoms with van der Waals surface area (Å²) in [7, 11) is 2.12. The van der Waals surface area contributed by atoms with Crippen LogP contribution in [-0.4, -0.2) is 30.8 Å². The van der Waals surface area contributed by atoms with E-state index in [1.54, 1.807) is 6.07 Å². The first-order valence-electron chi connectivity index (χ1n) is 6.01. The summed E-state index contributed by atoms with van der Waals surface area (Å²) < 4.78 is 0. The molecule has 1 fully saturated rings. The highest BCUT2D eigenvalue weighted by molar-refractivity contribution is 5.58. The van der Waals surface area contributed by atoms with E-state index in [1.165, 1.54) is 24.1 Å². The van der Waals surface area contributed by atoms with E-state index >= 15 is 0 Å².